The Bertz CT molecular complexity index is 110. The number of alkyl halides is 1. The van der Waals surface area contributed by atoms with E-state index in [1.54, 1.807) is 0 Å². The van der Waals surface area contributed by atoms with Crippen molar-refractivity contribution in [2.45, 2.75) is 44.3 Å². The maximum Gasteiger partial charge on any atom is 0.0252 e. The second kappa shape index (κ2) is 6.15. The molecule has 1 aliphatic rings. The minimum Gasteiger partial charge on any atom is -0.159 e. The first kappa shape index (κ1) is 10.7. The summed E-state index contributed by atoms with van der Waals surface area (Å²) >= 11 is 8.07. The third-order valence-corrected chi connectivity index (χ3v) is 4.40. The summed E-state index contributed by atoms with van der Waals surface area (Å²) in [5.74, 6) is 3.03. The van der Waals surface area contributed by atoms with Gasteiger partial charge in [-0.25, -0.2) is 0 Å². The van der Waals surface area contributed by atoms with Crippen molar-refractivity contribution in [3.8, 4) is 0 Å². The van der Waals surface area contributed by atoms with Crippen LogP contribution < -0.4 is 0 Å². The molecule has 1 fully saturated rings. The van der Waals surface area contributed by atoms with E-state index >= 15 is 0 Å². The van der Waals surface area contributed by atoms with Gasteiger partial charge in [0.25, 0.3) is 0 Å². The van der Waals surface area contributed by atoms with Gasteiger partial charge in [-0.1, -0.05) is 13.3 Å². The largest absolute Gasteiger partial charge is 0.159 e. The monoisotopic (exact) mass is 206 g/mol. The minimum atomic E-state index is 0.785. The fourth-order valence-electron chi connectivity index (χ4n) is 1.87. The highest BCUT2D eigenvalue weighted by atomic mass is 35.5. The Labute approximate surface area is 85.4 Å². The van der Waals surface area contributed by atoms with Gasteiger partial charge < -0.3 is 0 Å². The lowest BCUT2D eigenvalue weighted by atomic mass is 9.98. The lowest BCUT2D eigenvalue weighted by Crippen LogP contribution is -2.09. The highest BCUT2D eigenvalue weighted by Gasteiger charge is 2.19. The van der Waals surface area contributed by atoms with Crippen molar-refractivity contribution in [2.24, 2.45) is 5.92 Å². The quantitative estimate of drug-likeness (QED) is 0.615. The molecular weight excluding hydrogens is 188 g/mol. The summed E-state index contributed by atoms with van der Waals surface area (Å²) < 4.78 is 0. The maximum atomic E-state index is 5.92. The van der Waals surface area contributed by atoms with E-state index in [0.29, 0.717) is 0 Å². The lowest BCUT2D eigenvalue weighted by Gasteiger charge is -2.16. The van der Waals surface area contributed by atoms with Crippen LogP contribution in [0.2, 0.25) is 0 Å². The molecule has 0 nitrogen and oxygen atoms in total. The molecule has 12 heavy (non-hydrogen) atoms. The molecule has 1 rings (SSSR count). The van der Waals surface area contributed by atoms with Gasteiger partial charge in [0.05, 0.1) is 0 Å². The molecule has 0 spiro atoms. The summed E-state index contributed by atoms with van der Waals surface area (Å²) in [5, 5.41) is 0.931. The second-order valence-corrected chi connectivity index (χ2v) is 5.40. The molecule has 2 heteroatoms. The molecule has 72 valence electrons. The molecular formula is C10H19ClS. The van der Waals surface area contributed by atoms with Crippen LogP contribution in [0.5, 0.6) is 0 Å². The summed E-state index contributed by atoms with van der Waals surface area (Å²) in [6.07, 6.45) is 6.83. The van der Waals surface area contributed by atoms with Crippen LogP contribution in [0.1, 0.15) is 39.0 Å². The van der Waals surface area contributed by atoms with Crippen LogP contribution in [-0.4, -0.2) is 16.9 Å². The minimum absolute atomic E-state index is 0.785. The van der Waals surface area contributed by atoms with E-state index in [0.717, 1.165) is 17.0 Å². The summed E-state index contributed by atoms with van der Waals surface area (Å²) in [4.78, 5) is 0. The van der Waals surface area contributed by atoms with Crippen molar-refractivity contribution >= 4 is 23.4 Å². The predicted molar refractivity (Wildman–Crippen MR) is 59.2 cm³/mol. The third kappa shape index (κ3) is 3.57. The Morgan fingerprint density at radius 1 is 1.58 bits per heavy atom. The van der Waals surface area contributed by atoms with Gasteiger partial charge in [-0.15, -0.1) is 11.6 Å². The van der Waals surface area contributed by atoms with E-state index in [4.69, 9.17) is 11.6 Å². The average Bonchev–Trinajstić information content (AvgIpc) is 2.56. The first-order valence-electron chi connectivity index (χ1n) is 5.04. The fourth-order valence-corrected chi connectivity index (χ4v) is 3.56. The standard InChI is InChI=1S/C10H19ClS/c1-2-4-9(8-11)7-10-5-3-6-12-10/h9-10H,2-8H2,1H3. The molecule has 0 aromatic rings. The Balaban J connectivity index is 2.16. The van der Waals surface area contributed by atoms with Crippen LogP contribution in [0.15, 0.2) is 0 Å². The Morgan fingerprint density at radius 2 is 2.42 bits per heavy atom. The maximum absolute atomic E-state index is 5.92. The molecule has 0 radical (unpaired) electrons. The average molecular weight is 207 g/mol. The van der Waals surface area contributed by atoms with Gasteiger partial charge in [0.1, 0.15) is 0 Å². The number of thioether (sulfide) groups is 1. The van der Waals surface area contributed by atoms with Crippen LogP contribution in [0.3, 0.4) is 0 Å². The SMILES string of the molecule is CCCC(CCl)CC1CCCS1. The highest BCUT2D eigenvalue weighted by molar-refractivity contribution is 8.00. The zero-order chi connectivity index (χ0) is 8.81. The number of hydrogen-bond acceptors (Lipinski definition) is 1. The molecule has 0 N–H and O–H groups in total. The first-order valence-corrected chi connectivity index (χ1v) is 6.62. The molecule has 1 heterocycles. The van der Waals surface area contributed by atoms with Crippen molar-refractivity contribution in [3.63, 3.8) is 0 Å². The number of hydrogen-bond donors (Lipinski definition) is 0. The van der Waals surface area contributed by atoms with Crippen LogP contribution in [0.25, 0.3) is 0 Å². The van der Waals surface area contributed by atoms with Gasteiger partial charge in [0, 0.05) is 11.1 Å². The Morgan fingerprint density at radius 3 is 2.92 bits per heavy atom. The van der Waals surface area contributed by atoms with Gasteiger partial charge in [-0.3, -0.25) is 0 Å². The molecule has 2 atom stereocenters. The second-order valence-electron chi connectivity index (χ2n) is 3.68. The van der Waals surface area contributed by atoms with Crippen molar-refractivity contribution in [1.29, 1.82) is 0 Å². The summed E-state index contributed by atoms with van der Waals surface area (Å²) in [6, 6.07) is 0. The summed E-state index contributed by atoms with van der Waals surface area (Å²) in [6.45, 7) is 2.25. The van der Waals surface area contributed by atoms with E-state index < -0.39 is 0 Å². The fraction of sp³-hybridized carbons (Fsp3) is 1.00. The Hall–Kier alpha value is 0.640. The van der Waals surface area contributed by atoms with Gasteiger partial charge in [-0.05, 0) is 37.4 Å². The van der Waals surface area contributed by atoms with Crippen LogP contribution >= 0.6 is 23.4 Å². The lowest BCUT2D eigenvalue weighted by molar-refractivity contribution is 0.477. The van der Waals surface area contributed by atoms with Crippen molar-refractivity contribution in [3.05, 3.63) is 0 Å². The van der Waals surface area contributed by atoms with Crippen LogP contribution in [0, 0.1) is 5.92 Å². The topological polar surface area (TPSA) is 0 Å². The number of halogens is 1. The zero-order valence-electron chi connectivity index (χ0n) is 7.89. The third-order valence-electron chi connectivity index (χ3n) is 2.54. The van der Waals surface area contributed by atoms with Crippen molar-refractivity contribution in [2.75, 3.05) is 11.6 Å². The zero-order valence-corrected chi connectivity index (χ0v) is 9.46. The Kier molecular flexibility index (Phi) is 5.49. The molecule has 0 saturated carbocycles. The van der Waals surface area contributed by atoms with Gasteiger partial charge in [0.2, 0.25) is 0 Å². The molecule has 0 amide bonds. The van der Waals surface area contributed by atoms with E-state index in [9.17, 15) is 0 Å². The molecule has 1 aliphatic heterocycles. The molecule has 0 bridgehead atoms. The predicted octanol–water partition coefficient (Wildman–Crippen LogP) is 3.93. The van der Waals surface area contributed by atoms with Crippen LogP contribution in [-0.2, 0) is 0 Å². The molecule has 2 unspecified atom stereocenters. The smallest absolute Gasteiger partial charge is 0.0252 e. The molecule has 0 aromatic carbocycles. The molecule has 0 aliphatic carbocycles. The van der Waals surface area contributed by atoms with Gasteiger partial charge in [-0.2, -0.15) is 11.8 Å². The van der Waals surface area contributed by atoms with Crippen molar-refractivity contribution < 1.29 is 0 Å². The van der Waals surface area contributed by atoms with Crippen molar-refractivity contribution in [1.82, 2.24) is 0 Å². The highest BCUT2D eigenvalue weighted by Crippen LogP contribution is 2.32. The van der Waals surface area contributed by atoms with E-state index in [-0.39, 0.29) is 0 Å². The number of rotatable bonds is 5. The van der Waals surface area contributed by atoms with Crippen LogP contribution in [0.4, 0.5) is 0 Å². The molecule has 1 saturated heterocycles. The normalized spacial score (nSPS) is 26.0. The van der Waals surface area contributed by atoms with E-state index in [1.807, 2.05) is 0 Å². The summed E-state index contributed by atoms with van der Waals surface area (Å²) in [7, 11) is 0. The van der Waals surface area contributed by atoms with E-state index in [1.165, 1.54) is 37.9 Å². The first-order chi connectivity index (χ1) is 5.86. The van der Waals surface area contributed by atoms with E-state index in [2.05, 4.69) is 18.7 Å². The van der Waals surface area contributed by atoms with Gasteiger partial charge in [0.15, 0.2) is 0 Å². The molecule has 0 aromatic heterocycles. The van der Waals surface area contributed by atoms with Gasteiger partial charge >= 0.3 is 0 Å². The summed E-state index contributed by atoms with van der Waals surface area (Å²) in [5.41, 5.74) is 0.